The number of hydrogen-bond donors (Lipinski definition) is 1. The summed E-state index contributed by atoms with van der Waals surface area (Å²) < 4.78 is 6.32. The van der Waals surface area contributed by atoms with Crippen molar-refractivity contribution in [3.05, 3.63) is 23.8 Å². The van der Waals surface area contributed by atoms with E-state index in [2.05, 4.69) is 42.2 Å². The van der Waals surface area contributed by atoms with Crippen molar-refractivity contribution in [1.29, 1.82) is 0 Å². The van der Waals surface area contributed by atoms with Crippen molar-refractivity contribution < 1.29 is 4.74 Å². The first-order chi connectivity index (χ1) is 8.75. The second-order valence-corrected chi connectivity index (χ2v) is 7.22. The number of benzene rings is 1. The van der Waals surface area contributed by atoms with Crippen molar-refractivity contribution in [2.24, 2.45) is 0 Å². The molecule has 1 N–H and O–H groups in total. The molecule has 18 heavy (non-hydrogen) atoms. The minimum absolute atomic E-state index is 0.310. The van der Waals surface area contributed by atoms with Gasteiger partial charge in [-0.05, 0) is 43.6 Å². The molecule has 0 bridgehead atoms. The summed E-state index contributed by atoms with van der Waals surface area (Å²) in [7, 11) is 0. The maximum absolute atomic E-state index is 6.01. The molecule has 0 spiro atoms. The minimum atomic E-state index is 0.310. The second-order valence-electron chi connectivity index (χ2n) is 5.54. The van der Waals surface area contributed by atoms with Gasteiger partial charge in [-0.2, -0.15) is 11.8 Å². The summed E-state index contributed by atoms with van der Waals surface area (Å²) in [6.45, 7) is 4.23. The Morgan fingerprint density at radius 2 is 2.33 bits per heavy atom. The lowest BCUT2D eigenvalue weighted by Crippen LogP contribution is -2.31. The van der Waals surface area contributed by atoms with Gasteiger partial charge >= 0.3 is 0 Å². The van der Waals surface area contributed by atoms with Crippen LogP contribution >= 0.6 is 11.8 Å². The molecular formula is C15H21NOS. The van der Waals surface area contributed by atoms with Gasteiger partial charge in [-0.1, -0.05) is 12.5 Å². The summed E-state index contributed by atoms with van der Waals surface area (Å²) in [5.41, 5.74) is 2.68. The SMILES string of the molecule is CC1(COc2ccc3c(c2)NCC3)CCCCS1. The molecular weight excluding hydrogens is 242 g/mol. The summed E-state index contributed by atoms with van der Waals surface area (Å²) in [5, 5.41) is 3.40. The first-order valence-electron chi connectivity index (χ1n) is 6.89. The number of thioether (sulfide) groups is 1. The van der Waals surface area contributed by atoms with Gasteiger partial charge in [-0.15, -0.1) is 0 Å². The van der Waals surface area contributed by atoms with Gasteiger partial charge in [0.15, 0.2) is 0 Å². The Labute approximate surface area is 113 Å². The Hall–Kier alpha value is -0.830. The molecule has 1 atom stereocenters. The molecule has 2 nitrogen and oxygen atoms in total. The van der Waals surface area contributed by atoms with Crippen LogP contribution in [0.3, 0.4) is 0 Å². The van der Waals surface area contributed by atoms with E-state index in [1.165, 1.54) is 36.3 Å². The fraction of sp³-hybridized carbons (Fsp3) is 0.600. The van der Waals surface area contributed by atoms with E-state index in [0.29, 0.717) is 4.75 Å². The van der Waals surface area contributed by atoms with Crippen LogP contribution in [0.25, 0.3) is 0 Å². The van der Waals surface area contributed by atoms with Crippen LogP contribution in [0.4, 0.5) is 5.69 Å². The summed E-state index contributed by atoms with van der Waals surface area (Å²) in [5.74, 6) is 2.29. The molecule has 3 heteroatoms. The summed E-state index contributed by atoms with van der Waals surface area (Å²) in [4.78, 5) is 0. The van der Waals surface area contributed by atoms with E-state index >= 15 is 0 Å². The van der Waals surface area contributed by atoms with E-state index in [4.69, 9.17) is 4.74 Å². The molecule has 1 fully saturated rings. The Morgan fingerprint density at radius 1 is 1.39 bits per heavy atom. The average Bonchev–Trinajstić information content (AvgIpc) is 2.85. The van der Waals surface area contributed by atoms with Crippen LogP contribution in [0.15, 0.2) is 18.2 Å². The first kappa shape index (κ1) is 12.2. The average molecular weight is 263 g/mol. The molecule has 0 amide bonds. The van der Waals surface area contributed by atoms with E-state index < -0.39 is 0 Å². The highest BCUT2D eigenvalue weighted by atomic mass is 32.2. The van der Waals surface area contributed by atoms with E-state index in [0.717, 1.165) is 25.3 Å². The summed E-state index contributed by atoms with van der Waals surface area (Å²) >= 11 is 2.07. The van der Waals surface area contributed by atoms with Gasteiger partial charge in [-0.3, -0.25) is 0 Å². The van der Waals surface area contributed by atoms with E-state index in [1.54, 1.807) is 0 Å². The largest absolute Gasteiger partial charge is 0.492 e. The Balaban J connectivity index is 1.62. The zero-order valence-corrected chi connectivity index (χ0v) is 11.8. The predicted molar refractivity (Wildman–Crippen MR) is 78.8 cm³/mol. The van der Waals surface area contributed by atoms with Gasteiger partial charge in [0.05, 0.1) is 0 Å². The zero-order chi connectivity index (χ0) is 12.4. The van der Waals surface area contributed by atoms with Gasteiger partial charge in [0.25, 0.3) is 0 Å². The quantitative estimate of drug-likeness (QED) is 0.898. The van der Waals surface area contributed by atoms with Crippen LogP contribution in [-0.2, 0) is 6.42 Å². The lowest BCUT2D eigenvalue weighted by Gasteiger charge is -2.32. The molecule has 1 aromatic rings. The third kappa shape index (κ3) is 2.61. The van der Waals surface area contributed by atoms with Gasteiger partial charge in [0, 0.05) is 23.0 Å². The van der Waals surface area contributed by atoms with Crippen molar-refractivity contribution in [1.82, 2.24) is 0 Å². The third-order valence-corrected chi connectivity index (χ3v) is 5.40. The van der Waals surface area contributed by atoms with Gasteiger partial charge in [0.2, 0.25) is 0 Å². The highest BCUT2D eigenvalue weighted by molar-refractivity contribution is 8.00. The van der Waals surface area contributed by atoms with Gasteiger partial charge in [0.1, 0.15) is 12.4 Å². The molecule has 1 unspecified atom stereocenters. The monoisotopic (exact) mass is 263 g/mol. The van der Waals surface area contributed by atoms with Crippen molar-refractivity contribution in [2.45, 2.75) is 37.4 Å². The van der Waals surface area contributed by atoms with Crippen molar-refractivity contribution in [3.8, 4) is 5.75 Å². The normalized spacial score (nSPS) is 26.5. The number of hydrogen-bond acceptors (Lipinski definition) is 3. The standard InChI is InChI=1S/C15H21NOS/c1-15(7-2-3-9-18-15)11-17-13-5-4-12-6-8-16-14(12)10-13/h4-5,10,16H,2-3,6-9,11H2,1H3. The fourth-order valence-corrected chi connectivity index (χ4v) is 3.97. The van der Waals surface area contributed by atoms with Crippen molar-refractivity contribution in [2.75, 3.05) is 24.2 Å². The van der Waals surface area contributed by atoms with Gasteiger partial charge in [-0.25, -0.2) is 0 Å². The van der Waals surface area contributed by atoms with Crippen LogP contribution < -0.4 is 10.1 Å². The number of rotatable bonds is 3. The van der Waals surface area contributed by atoms with Crippen molar-refractivity contribution in [3.63, 3.8) is 0 Å². The molecule has 98 valence electrons. The van der Waals surface area contributed by atoms with E-state index in [-0.39, 0.29) is 0 Å². The molecule has 1 aromatic carbocycles. The lowest BCUT2D eigenvalue weighted by atomic mass is 10.0. The topological polar surface area (TPSA) is 21.3 Å². The van der Waals surface area contributed by atoms with E-state index in [9.17, 15) is 0 Å². The van der Waals surface area contributed by atoms with Crippen LogP contribution in [-0.4, -0.2) is 23.7 Å². The zero-order valence-electron chi connectivity index (χ0n) is 11.0. The maximum Gasteiger partial charge on any atom is 0.121 e. The Morgan fingerprint density at radius 3 is 3.17 bits per heavy atom. The predicted octanol–water partition coefficient (Wildman–Crippen LogP) is 3.71. The smallest absolute Gasteiger partial charge is 0.121 e. The summed E-state index contributed by atoms with van der Waals surface area (Å²) in [6, 6.07) is 6.46. The highest BCUT2D eigenvalue weighted by Crippen LogP contribution is 2.37. The molecule has 1 saturated heterocycles. The molecule has 2 aliphatic heterocycles. The van der Waals surface area contributed by atoms with Crippen molar-refractivity contribution >= 4 is 17.4 Å². The van der Waals surface area contributed by atoms with Crippen LogP contribution in [0, 0.1) is 0 Å². The maximum atomic E-state index is 6.01. The molecule has 0 saturated carbocycles. The summed E-state index contributed by atoms with van der Waals surface area (Å²) in [6.07, 6.45) is 5.13. The van der Waals surface area contributed by atoms with Crippen LogP contribution in [0.2, 0.25) is 0 Å². The molecule has 0 aliphatic carbocycles. The lowest BCUT2D eigenvalue weighted by molar-refractivity contribution is 0.267. The molecule has 2 heterocycles. The Kier molecular flexibility index (Phi) is 3.42. The molecule has 2 aliphatic rings. The number of anilines is 1. The van der Waals surface area contributed by atoms with Crippen LogP contribution in [0.1, 0.15) is 31.7 Å². The van der Waals surface area contributed by atoms with Gasteiger partial charge < -0.3 is 10.1 Å². The number of ether oxygens (including phenoxy) is 1. The minimum Gasteiger partial charge on any atom is -0.492 e. The number of nitrogens with one attached hydrogen (secondary N) is 1. The molecule has 0 aromatic heterocycles. The number of fused-ring (bicyclic) bond motifs is 1. The fourth-order valence-electron chi connectivity index (χ4n) is 2.70. The van der Waals surface area contributed by atoms with E-state index in [1.807, 2.05) is 0 Å². The third-order valence-electron chi connectivity index (χ3n) is 3.89. The first-order valence-corrected chi connectivity index (χ1v) is 7.87. The van der Waals surface area contributed by atoms with Crippen LogP contribution in [0.5, 0.6) is 5.75 Å². The molecule has 0 radical (unpaired) electrons. The molecule has 3 rings (SSSR count). The Bertz CT molecular complexity index is 427. The highest BCUT2D eigenvalue weighted by Gasteiger charge is 2.28. The second kappa shape index (κ2) is 5.04.